The number of hydrogen-bond acceptors (Lipinski definition) is 6. The van der Waals surface area contributed by atoms with Crippen LogP contribution in [0.5, 0.6) is 0 Å². The number of hydrogen-bond donors (Lipinski definition) is 0. The number of carbonyl (C=O) groups excluding carboxylic acids is 1. The van der Waals surface area contributed by atoms with Gasteiger partial charge in [0, 0.05) is 37.2 Å². The molecular formula is C18H24N4O3. The average Bonchev–Trinajstić information content (AvgIpc) is 3.09. The Kier molecular flexibility index (Phi) is 5.43. The number of nitrogens with zero attached hydrogens (tertiary/aromatic N) is 4. The number of carbonyl (C=O) groups is 1. The highest BCUT2D eigenvalue weighted by atomic mass is 16.5. The van der Waals surface area contributed by atoms with Crippen LogP contribution in [0.4, 0.5) is 0 Å². The SMILES string of the molecule is Cc1cc([C@@H]2CN(C(=O)CCc3nnc(C(C)C)o3)CCO2)ccn1. The normalized spacial score (nSPS) is 17.9. The minimum absolute atomic E-state index is 0.0865. The lowest BCUT2D eigenvalue weighted by Gasteiger charge is -2.33. The maximum atomic E-state index is 12.5. The molecule has 3 heterocycles. The van der Waals surface area contributed by atoms with Gasteiger partial charge in [0.15, 0.2) is 0 Å². The van der Waals surface area contributed by atoms with E-state index in [1.807, 2.05) is 37.8 Å². The first-order chi connectivity index (χ1) is 12.0. The minimum Gasteiger partial charge on any atom is -0.425 e. The Morgan fingerprint density at radius 3 is 2.96 bits per heavy atom. The second-order valence-electron chi connectivity index (χ2n) is 6.62. The van der Waals surface area contributed by atoms with Gasteiger partial charge in [-0.15, -0.1) is 10.2 Å². The third kappa shape index (κ3) is 4.42. The van der Waals surface area contributed by atoms with E-state index in [9.17, 15) is 4.79 Å². The molecule has 0 aromatic carbocycles. The summed E-state index contributed by atoms with van der Waals surface area (Å²) in [6.45, 7) is 7.65. The predicted molar refractivity (Wildman–Crippen MR) is 91.0 cm³/mol. The fourth-order valence-electron chi connectivity index (χ4n) is 2.82. The highest BCUT2D eigenvalue weighted by Gasteiger charge is 2.25. The second-order valence-corrected chi connectivity index (χ2v) is 6.62. The highest BCUT2D eigenvalue weighted by Crippen LogP contribution is 2.23. The molecular weight excluding hydrogens is 320 g/mol. The summed E-state index contributed by atoms with van der Waals surface area (Å²) in [6, 6.07) is 3.95. The second kappa shape index (κ2) is 7.74. The van der Waals surface area contributed by atoms with Crippen molar-refractivity contribution < 1.29 is 13.9 Å². The first-order valence-electron chi connectivity index (χ1n) is 8.67. The lowest BCUT2D eigenvalue weighted by Crippen LogP contribution is -2.42. The molecule has 0 spiro atoms. The summed E-state index contributed by atoms with van der Waals surface area (Å²) in [4.78, 5) is 18.6. The molecule has 1 amide bonds. The van der Waals surface area contributed by atoms with E-state index in [2.05, 4.69) is 15.2 Å². The molecule has 25 heavy (non-hydrogen) atoms. The van der Waals surface area contributed by atoms with Crippen LogP contribution in [0.1, 0.15) is 55.3 Å². The predicted octanol–water partition coefficient (Wildman–Crippen LogP) is 2.43. The van der Waals surface area contributed by atoms with Crippen LogP contribution in [-0.4, -0.2) is 45.7 Å². The van der Waals surface area contributed by atoms with Gasteiger partial charge in [-0.05, 0) is 24.6 Å². The Hall–Kier alpha value is -2.28. The van der Waals surface area contributed by atoms with Crippen molar-refractivity contribution >= 4 is 5.91 Å². The standard InChI is InChI=1S/C18H24N4O3/c1-12(2)18-21-20-16(25-18)4-5-17(23)22-8-9-24-15(11-22)14-6-7-19-13(3)10-14/h6-7,10,12,15H,4-5,8-9,11H2,1-3H3/t15-/m0/s1. The van der Waals surface area contributed by atoms with Crippen LogP contribution in [0.15, 0.2) is 22.7 Å². The van der Waals surface area contributed by atoms with Crippen LogP contribution in [-0.2, 0) is 16.0 Å². The van der Waals surface area contributed by atoms with Crippen molar-refractivity contribution in [3.8, 4) is 0 Å². The van der Waals surface area contributed by atoms with Gasteiger partial charge in [-0.1, -0.05) is 13.8 Å². The van der Waals surface area contributed by atoms with Crippen LogP contribution in [0.25, 0.3) is 0 Å². The molecule has 2 aromatic heterocycles. The fourth-order valence-corrected chi connectivity index (χ4v) is 2.82. The molecule has 7 nitrogen and oxygen atoms in total. The van der Waals surface area contributed by atoms with Crippen molar-refractivity contribution in [1.29, 1.82) is 0 Å². The number of rotatable bonds is 5. The van der Waals surface area contributed by atoms with Gasteiger partial charge in [-0.3, -0.25) is 9.78 Å². The zero-order valence-corrected chi connectivity index (χ0v) is 14.9. The molecule has 1 fully saturated rings. The molecule has 1 saturated heterocycles. The molecule has 1 aliphatic heterocycles. The number of amides is 1. The summed E-state index contributed by atoms with van der Waals surface area (Å²) < 4.78 is 11.4. The maximum absolute atomic E-state index is 12.5. The molecule has 3 rings (SSSR count). The van der Waals surface area contributed by atoms with Gasteiger partial charge in [0.25, 0.3) is 0 Å². The van der Waals surface area contributed by atoms with E-state index >= 15 is 0 Å². The zero-order chi connectivity index (χ0) is 17.8. The third-order valence-electron chi connectivity index (χ3n) is 4.24. The van der Waals surface area contributed by atoms with Gasteiger partial charge in [0.05, 0.1) is 13.2 Å². The molecule has 1 aliphatic rings. The number of ether oxygens (including phenoxy) is 1. The number of aryl methyl sites for hydroxylation is 2. The van der Waals surface area contributed by atoms with E-state index in [0.717, 1.165) is 11.3 Å². The van der Waals surface area contributed by atoms with Crippen LogP contribution < -0.4 is 0 Å². The van der Waals surface area contributed by atoms with Crippen molar-refractivity contribution in [3.63, 3.8) is 0 Å². The molecule has 1 atom stereocenters. The smallest absolute Gasteiger partial charge is 0.223 e. The summed E-state index contributed by atoms with van der Waals surface area (Å²) in [7, 11) is 0. The van der Waals surface area contributed by atoms with E-state index in [1.54, 1.807) is 6.20 Å². The third-order valence-corrected chi connectivity index (χ3v) is 4.24. The molecule has 2 aromatic rings. The van der Waals surface area contributed by atoms with E-state index < -0.39 is 0 Å². The quantitative estimate of drug-likeness (QED) is 0.828. The topological polar surface area (TPSA) is 81.4 Å². The van der Waals surface area contributed by atoms with Crippen LogP contribution >= 0.6 is 0 Å². The van der Waals surface area contributed by atoms with Gasteiger partial charge in [0.1, 0.15) is 6.10 Å². The molecule has 0 radical (unpaired) electrons. The van der Waals surface area contributed by atoms with Crippen molar-refractivity contribution in [2.75, 3.05) is 19.7 Å². The van der Waals surface area contributed by atoms with E-state index in [1.165, 1.54) is 0 Å². The zero-order valence-electron chi connectivity index (χ0n) is 14.9. The van der Waals surface area contributed by atoms with E-state index in [-0.39, 0.29) is 17.9 Å². The summed E-state index contributed by atoms with van der Waals surface area (Å²) in [5.74, 6) is 1.41. The summed E-state index contributed by atoms with van der Waals surface area (Å²) in [6.07, 6.45) is 2.50. The van der Waals surface area contributed by atoms with Gasteiger partial charge in [-0.2, -0.15) is 0 Å². The van der Waals surface area contributed by atoms with E-state index in [4.69, 9.17) is 9.15 Å². The summed E-state index contributed by atoms with van der Waals surface area (Å²) in [5, 5.41) is 8.01. The Balaban J connectivity index is 1.56. The largest absolute Gasteiger partial charge is 0.425 e. The average molecular weight is 344 g/mol. The number of morpholine rings is 1. The molecule has 0 bridgehead atoms. The van der Waals surface area contributed by atoms with Gasteiger partial charge in [0.2, 0.25) is 17.7 Å². The maximum Gasteiger partial charge on any atom is 0.223 e. The van der Waals surface area contributed by atoms with Gasteiger partial charge >= 0.3 is 0 Å². The molecule has 7 heteroatoms. The van der Waals surface area contributed by atoms with Crippen molar-refractivity contribution in [2.24, 2.45) is 0 Å². The monoisotopic (exact) mass is 344 g/mol. The summed E-state index contributed by atoms with van der Waals surface area (Å²) in [5.41, 5.74) is 2.00. The van der Waals surface area contributed by atoms with E-state index in [0.29, 0.717) is 44.3 Å². The van der Waals surface area contributed by atoms with Crippen molar-refractivity contribution in [1.82, 2.24) is 20.1 Å². The number of aromatic nitrogens is 3. The lowest BCUT2D eigenvalue weighted by atomic mass is 10.1. The molecule has 0 saturated carbocycles. The van der Waals surface area contributed by atoms with Crippen LogP contribution in [0.2, 0.25) is 0 Å². The number of pyridine rings is 1. The lowest BCUT2D eigenvalue weighted by molar-refractivity contribution is -0.139. The summed E-state index contributed by atoms with van der Waals surface area (Å²) >= 11 is 0. The van der Waals surface area contributed by atoms with Crippen LogP contribution in [0.3, 0.4) is 0 Å². The van der Waals surface area contributed by atoms with Gasteiger partial charge in [-0.25, -0.2) is 0 Å². The van der Waals surface area contributed by atoms with Crippen LogP contribution in [0, 0.1) is 6.92 Å². The van der Waals surface area contributed by atoms with Gasteiger partial charge < -0.3 is 14.1 Å². The molecule has 0 aliphatic carbocycles. The fraction of sp³-hybridized carbons (Fsp3) is 0.556. The first-order valence-corrected chi connectivity index (χ1v) is 8.67. The Morgan fingerprint density at radius 1 is 1.40 bits per heavy atom. The van der Waals surface area contributed by atoms with Crippen molar-refractivity contribution in [3.05, 3.63) is 41.4 Å². The molecule has 134 valence electrons. The molecule has 0 N–H and O–H groups in total. The molecule has 0 unspecified atom stereocenters. The first kappa shape index (κ1) is 17.5. The Morgan fingerprint density at radius 2 is 2.24 bits per heavy atom. The minimum atomic E-state index is -0.102. The highest BCUT2D eigenvalue weighted by molar-refractivity contribution is 5.76. The Labute approximate surface area is 147 Å². The Bertz CT molecular complexity index is 729. The van der Waals surface area contributed by atoms with Crippen molar-refractivity contribution in [2.45, 2.75) is 45.6 Å².